The molecule has 180 valence electrons. The summed E-state index contributed by atoms with van der Waals surface area (Å²) in [5, 5.41) is 2.29. The van der Waals surface area contributed by atoms with Gasteiger partial charge in [-0.25, -0.2) is 0 Å². The lowest BCUT2D eigenvalue weighted by atomic mass is 10.0. The number of benzene rings is 6. The van der Waals surface area contributed by atoms with Crippen LogP contribution in [0.5, 0.6) is 0 Å². The third kappa shape index (κ3) is 3.84. The predicted octanol–water partition coefficient (Wildman–Crippen LogP) is 9.92. The van der Waals surface area contributed by atoms with E-state index in [9.17, 15) is 0 Å². The van der Waals surface area contributed by atoms with Crippen LogP contribution in [-0.2, 0) is 0 Å². The van der Waals surface area contributed by atoms with Crippen molar-refractivity contribution in [3.63, 3.8) is 0 Å². The fourth-order valence-corrected chi connectivity index (χ4v) is 5.15. The molecule has 7 aromatic rings. The van der Waals surface area contributed by atoms with Crippen LogP contribution in [0.1, 0.15) is 6.85 Å². The van der Waals surface area contributed by atoms with Gasteiger partial charge >= 0.3 is 0 Å². The van der Waals surface area contributed by atoms with Gasteiger partial charge in [-0.1, -0.05) is 96.9 Å². The molecule has 7 rings (SSSR count). The van der Waals surface area contributed by atoms with Crippen LogP contribution in [0, 0.1) is 0 Å². The monoisotopic (exact) mass is 491 g/mol. The average Bonchev–Trinajstić information content (AvgIpc) is 3.38. The van der Waals surface area contributed by atoms with E-state index in [1.54, 1.807) is 0 Å². The Morgan fingerprint density at radius 2 is 1.08 bits per heavy atom. The summed E-state index contributed by atoms with van der Waals surface area (Å²) in [5.41, 5.74) is 6.94. The highest BCUT2D eigenvalue weighted by molar-refractivity contribution is 6.10. The first-order valence-corrected chi connectivity index (χ1v) is 12.5. The molecular formula is C36H26N2. The highest BCUT2D eigenvalue weighted by Gasteiger charge is 2.17. The minimum Gasteiger partial charge on any atom is -0.310 e. The summed E-state index contributed by atoms with van der Waals surface area (Å²) in [5.74, 6) is 0. The Morgan fingerprint density at radius 3 is 1.84 bits per heavy atom. The van der Waals surface area contributed by atoms with Gasteiger partial charge in [0, 0.05) is 33.5 Å². The summed E-state index contributed by atoms with van der Waals surface area (Å²) >= 11 is 0. The predicted molar refractivity (Wildman–Crippen MR) is 161 cm³/mol. The second-order valence-corrected chi connectivity index (χ2v) is 9.11. The fraction of sp³-hybridized carbons (Fsp3) is 0. The molecule has 38 heavy (non-hydrogen) atoms. The molecule has 0 amide bonds. The van der Waals surface area contributed by atoms with E-state index in [1.807, 2.05) is 48.5 Å². The van der Waals surface area contributed by atoms with Gasteiger partial charge in [0.05, 0.1) is 17.9 Å². The van der Waals surface area contributed by atoms with Crippen LogP contribution >= 0.6 is 0 Å². The number of aromatic nitrogens is 1. The van der Waals surface area contributed by atoms with Gasteiger partial charge in [0.1, 0.15) is 0 Å². The first-order chi connectivity index (χ1) is 20.9. The number of rotatable bonds is 5. The topological polar surface area (TPSA) is 8.17 Å². The molecule has 0 saturated heterocycles. The molecule has 0 N–H and O–H groups in total. The molecule has 0 radical (unpaired) electrons. The maximum Gasteiger partial charge on any atom is 0.0629 e. The van der Waals surface area contributed by atoms with E-state index in [2.05, 4.69) is 88.3 Å². The number of nitrogens with zero attached hydrogens (tertiary/aromatic N) is 2. The van der Waals surface area contributed by atoms with Crippen LogP contribution in [0.15, 0.2) is 158 Å². The van der Waals surface area contributed by atoms with Gasteiger partial charge < -0.3 is 9.47 Å². The van der Waals surface area contributed by atoms with Crippen molar-refractivity contribution in [2.45, 2.75) is 0 Å². The Bertz CT molecular complexity index is 2090. The SMILES string of the molecule is [2H]c1c([2H])c([2H])c(-c2ccc(N(c3ccccc3)c3ccc4c(c3)c3ccccc3n4-c3ccccc3)cc2)c([2H])c1[2H]. The lowest BCUT2D eigenvalue weighted by molar-refractivity contribution is 1.18. The molecule has 0 spiro atoms. The van der Waals surface area contributed by atoms with Crippen LogP contribution in [0.3, 0.4) is 0 Å². The summed E-state index contributed by atoms with van der Waals surface area (Å²) in [6.45, 7) is 0. The molecule has 6 aromatic carbocycles. The van der Waals surface area contributed by atoms with Gasteiger partial charge in [-0.2, -0.15) is 0 Å². The van der Waals surface area contributed by atoms with E-state index in [0.29, 0.717) is 5.56 Å². The Kier molecular flexibility index (Phi) is 4.31. The van der Waals surface area contributed by atoms with Gasteiger partial charge in [-0.3, -0.25) is 0 Å². The molecule has 0 bridgehead atoms. The third-order valence-corrected chi connectivity index (χ3v) is 6.86. The molecule has 1 aromatic heterocycles. The molecule has 0 aliphatic carbocycles. The van der Waals surface area contributed by atoms with Gasteiger partial charge in [-0.15, -0.1) is 0 Å². The smallest absolute Gasteiger partial charge is 0.0629 e. The molecule has 1 heterocycles. The molecule has 2 nitrogen and oxygen atoms in total. The Labute approximate surface area is 229 Å². The summed E-state index contributed by atoms with van der Waals surface area (Å²) in [6, 6.07) is 41.4. The van der Waals surface area contributed by atoms with Crippen LogP contribution in [0.2, 0.25) is 0 Å². The molecule has 0 aliphatic rings. The molecule has 0 saturated carbocycles. The van der Waals surface area contributed by atoms with Crippen LogP contribution < -0.4 is 4.90 Å². The number of hydrogen-bond acceptors (Lipinski definition) is 1. The second kappa shape index (κ2) is 9.42. The van der Waals surface area contributed by atoms with E-state index in [-0.39, 0.29) is 29.7 Å². The summed E-state index contributed by atoms with van der Waals surface area (Å²) in [6.07, 6.45) is 0. The lowest BCUT2D eigenvalue weighted by Crippen LogP contribution is -2.09. The highest BCUT2D eigenvalue weighted by Crippen LogP contribution is 2.40. The first-order valence-electron chi connectivity index (χ1n) is 15.0. The summed E-state index contributed by atoms with van der Waals surface area (Å²) in [4.78, 5) is 2.17. The van der Waals surface area contributed by atoms with Gasteiger partial charge in [-0.05, 0) is 71.8 Å². The first kappa shape index (κ1) is 17.4. The largest absolute Gasteiger partial charge is 0.310 e. The normalized spacial score (nSPS) is 13.0. The van der Waals surface area contributed by atoms with Crippen LogP contribution in [-0.4, -0.2) is 4.57 Å². The minimum atomic E-state index is -0.394. The Hall–Kier alpha value is -5.08. The van der Waals surface area contributed by atoms with Crippen molar-refractivity contribution in [3.05, 3.63) is 158 Å². The Balaban J connectivity index is 1.39. The van der Waals surface area contributed by atoms with E-state index < -0.39 is 6.04 Å². The summed E-state index contributed by atoms with van der Waals surface area (Å²) < 4.78 is 43.2. The zero-order valence-corrected chi connectivity index (χ0v) is 20.5. The van der Waals surface area contributed by atoms with Crippen molar-refractivity contribution in [2.75, 3.05) is 4.90 Å². The van der Waals surface area contributed by atoms with Crippen molar-refractivity contribution in [1.29, 1.82) is 0 Å². The van der Waals surface area contributed by atoms with Crippen molar-refractivity contribution < 1.29 is 6.85 Å². The standard InChI is InChI=1S/C36H26N2/c1-4-12-27(13-5-1)28-20-22-31(23-21-28)37(29-14-6-2-7-15-29)32-24-25-36-34(26-32)33-18-10-11-19-35(33)38(36)30-16-8-3-9-17-30/h1-26H/i1D,4D,5D,12D,13D. The third-order valence-electron chi connectivity index (χ3n) is 6.86. The molecule has 0 fully saturated rings. The van der Waals surface area contributed by atoms with Gasteiger partial charge in [0.15, 0.2) is 0 Å². The summed E-state index contributed by atoms with van der Waals surface area (Å²) in [7, 11) is 0. The van der Waals surface area contributed by atoms with Crippen molar-refractivity contribution in [1.82, 2.24) is 4.57 Å². The van der Waals surface area contributed by atoms with Crippen LogP contribution in [0.4, 0.5) is 17.1 Å². The maximum atomic E-state index is 8.40. The van der Waals surface area contributed by atoms with Crippen molar-refractivity contribution >= 4 is 38.9 Å². The average molecular weight is 492 g/mol. The number of fused-ring (bicyclic) bond motifs is 3. The molecule has 0 atom stereocenters. The fourth-order valence-electron chi connectivity index (χ4n) is 5.15. The van der Waals surface area contributed by atoms with E-state index in [0.717, 1.165) is 44.6 Å². The van der Waals surface area contributed by atoms with Crippen molar-refractivity contribution in [2.24, 2.45) is 0 Å². The van der Waals surface area contributed by atoms with E-state index in [1.165, 1.54) is 0 Å². The van der Waals surface area contributed by atoms with Crippen molar-refractivity contribution in [3.8, 4) is 16.8 Å². The van der Waals surface area contributed by atoms with Gasteiger partial charge in [0.2, 0.25) is 0 Å². The van der Waals surface area contributed by atoms with E-state index >= 15 is 0 Å². The Morgan fingerprint density at radius 1 is 0.474 bits per heavy atom. The van der Waals surface area contributed by atoms with Crippen LogP contribution in [0.25, 0.3) is 38.6 Å². The minimum absolute atomic E-state index is 0.193. The number of anilines is 3. The van der Waals surface area contributed by atoms with Gasteiger partial charge in [0.25, 0.3) is 0 Å². The second-order valence-electron chi connectivity index (χ2n) is 9.11. The maximum absolute atomic E-state index is 8.40. The number of para-hydroxylation sites is 3. The highest BCUT2D eigenvalue weighted by atomic mass is 15.1. The zero-order valence-electron chi connectivity index (χ0n) is 25.5. The van der Waals surface area contributed by atoms with E-state index in [4.69, 9.17) is 6.85 Å². The molecule has 2 heteroatoms. The molecule has 0 unspecified atom stereocenters. The zero-order chi connectivity index (χ0) is 29.7. The molecular weight excluding hydrogens is 460 g/mol. The quantitative estimate of drug-likeness (QED) is 0.233. The molecule has 0 aliphatic heterocycles. The number of hydrogen-bond donors (Lipinski definition) is 0. The lowest BCUT2D eigenvalue weighted by Gasteiger charge is -2.26.